The van der Waals surface area contributed by atoms with Crippen molar-refractivity contribution >= 4 is 39.3 Å². The highest BCUT2D eigenvalue weighted by Crippen LogP contribution is 2.21. The highest BCUT2D eigenvalue weighted by atomic mass is 35.5. The third-order valence-electron chi connectivity index (χ3n) is 5.57. The van der Waals surface area contributed by atoms with Gasteiger partial charge in [-0.25, -0.2) is 8.70 Å². The van der Waals surface area contributed by atoms with Gasteiger partial charge in [-0.15, -0.1) is 0 Å². The van der Waals surface area contributed by atoms with Crippen molar-refractivity contribution in [2.24, 2.45) is 0 Å². The first-order valence-corrected chi connectivity index (χ1v) is 12.9. The van der Waals surface area contributed by atoms with Gasteiger partial charge in [0.15, 0.2) is 0 Å². The smallest absolute Gasteiger partial charge is 0.304 e. The van der Waals surface area contributed by atoms with Crippen molar-refractivity contribution in [3.63, 3.8) is 0 Å². The topological polar surface area (TPSA) is 90.0 Å². The molecule has 0 aliphatic carbocycles. The van der Waals surface area contributed by atoms with Gasteiger partial charge in [-0.1, -0.05) is 30.7 Å². The normalized spacial score (nSPS) is 13.3. The van der Waals surface area contributed by atoms with Gasteiger partial charge in [0, 0.05) is 31.7 Å². The number of nitrogens with one attached hydrogen (secondary N) is 1. The summed E-state index contributed by atoms with van der Waals surface area (Å²) in [5.74, 6) is -1.49. The molecule has 0 heterocycles. The van der Waals surface area contributed by atoms with Gasteiger partial charge in [0.25, 0.3) is 0 Å². The van der Waals surface area contributed by atoms with Gasteiger partial charge in [-0.2, -0.15) is 12.7 Å². The van der Waals surface area contributed by atoms with Crippen LogP contribution in [-0.2, 0) is 26.3 Å². The maximum absolute atomic E-state index is 13.6. The third kappa shape index (κ3) is 7.65. The molecule has 0 radical (unpaired) electrons. The van der Waals surface area contributed by atoms with E-state index in [9.17, 15) is 22.4 Å². The molecule has 2 aromatic carbocycles. The molecule has 2 rings (SSSR count). The Labute approximate surface area is 211 Å². The third-order valence-corrected chi connectivity index (χ3v) is 7.64. The van der Waals surface area contributed by atoms with Crippen molar-refractivity contribution in [3.8, 4) is 0 Å². The Hall–Kier alpha value is -2.69. The van der Waals surface area contributed by atoms with E-state index in [1.807, 2.05) is 13.8 Å². The number of amides is 2. The molecule has 0 aromatic heterocycles. The first-order chi connectivity index (χ1) is 16.4. The molecule has 35 heavy (non-hydrogen) atoms. The number of carbonyl (C=O) groups is 2. The Morgan fingerprint density at radius 3 is 2.11 bits per heavy atom. The number of halogens is 2. The molecule has 192 valence electrons. The minimum Gasteiger partial charge on any atom is -0.352 e. The Balaban J connectivity index is 2.43. The summed E-state index contributed by atoms with van der Waals surface area (Å²) in [6.45, 7) is 4.86. The van der Waals surface area contributed by atoms with Crippen molar-refractivity contribution in [1.29, 1.82) is 0 Å². The van der Waals surface area contributed by atoms with Gasteiger partial charge in [0.1, 0.15) is 18.4 Å². The van der Waals surface area contributed by atoms with Crippen molar-refractivity contribution < 1.29 is 22.4 Å². The number of hydrogen-bond donors (Lipinski definition) is 1. The second kappa shape index (κ2) is 12.3. The van der Waals surface area contributed by atoms with E-state index in [0.717, 1.165) is 26.3 Å². The Morgan fingerprint density at radius 2 is 1.60 bits per heavy atom. The van der Waals surface area contributed by atoms with Crippen LogP contribution in [0.4, 0.5) is 10.1 Å². The number of nitrogens with zero attached hydrogens (tertiary/aromatic N) is 3. The second-order valence-electron chi connectivity index (χ2n) is 8.42. The zero-order chi connectivity index (χ0) is 26.3. The van der Waals surface area contributed by atoms with Crippen molar-refractivity contribution in [1.82, 2.24) is 14.5 Å². The molecule has 11 heteroatoms. The number of carbonyl (C=O) groups excluding carboxylic acids is 2. The SMILES string of the molecule is CC[C@H](C)NC(=O)[C@H](C)N(Cc1ccc(Cl)cc1)C(=O)CN(c1ccc(F)cc1)S(=O)(=O)N(C)C. The predicted molar refractivity (Wildman–Crippen MR) is 136 cm³/mol. The molecule has 0 fully saturated rings. The number of rotatable bonds is 11. The fourth-order valence-corrected chi connectivity index (χ4v) is 4.34. The van der Waals surface area contributed by atoms with Crippen LogP contribution >= 0.6 is 11.6 Å². The van der Waals surface area contributed by atoms with Crippen LogP contribution in [0.3, 0.4) is 0 Å². The van der Waals surface area contributed by atoms with Crippen LogP contribution in [0.1, 0.15) is 32.8 Å². The van der Waals surface area contributed by atoms with Gasteiger partial charge in [0.2, 0.25) is 11.8 Å². The average molecular weight is 527 g/mol. The molecule has 1 N–H and O–H groups in total. The van der Waals surface area contributed by atoms with Gasteiger partial charge < -0.3 is 10.2 Å². The summed E-state index contributed by atoms with van der Waals surface area (Å²) < 4.78 is 41.4. The lowest BCUT2D eigenvalue weighted by Crippen LogP contribution is -2.53. The first-order valence-electron chi connectivity index (χ1n) is 11.2. The first kappa shape index (κ1) is 28.5. The Morgan fingerprint density at radius 1 is 1.03 bits per heavy atom. The zero-order valence-electron chi connectivity index (χ0n) is 20.5. The van der Waals surface area contributed by atoms with Crippen molar-refractivity contribution in [3.05, 3.63) is 64.9 Å². The highest BCUT2D eigenvalue weighted by Gasteiger charge is 2.32. The quantitative estimate of drug-likeness (QED) is 0.486. The molecule has 0 aliphatic rings. The molecule has 0 bridgehead atoms. The highest BCUT2D eigenvalue weighted by molar-refractivity contribution is 7.90. The minimum absolute atomic E-state index is 0.0599. The minimum atomic E-state index is -4.10. The maximum Gasteiger partial charge on any atom is 0.304 e. The number of benzene rings is 2. The van der Waals surface area contributed by atoms with E-state index in [1.54, 1.807) is 31.2 Å². The average Bonchev–Trinajstić information content (AvgIpc) is 2.81. The summed E-state index contributed by atoms with van der Waals surface area (Å²) in [4.78, 5) is 27.8. The van der Waals surface area contributed by atoms with Crippen molar-refractivity contribution in [2.45, 2.75) is 45.8 Å². The summed E-state index contributed by atoms with van der Waals surface area (Å²) >= 11 is 5.98. The van der Waals surface area contributed by atoms with E-state index in [1.165, 1.54) is 31.1 Å². The zero-order valence-corrected chi connectivity index (χ0v) is 22.1. The van der Waals surface area contributed by atoms with Crippen LogP contribution in [0, 0.1) is 5.82 Å². The van der Waals surface area contributed by atoms with E-state index in [0.29, 0.717) is 11.4 Å². The van der Waals surface area contributed by atoms with Gasteiger partial charge in [0.05, 0.1) is 5.69 Å². The fourth-order valence-electron chi connectivity index (χ4n) is 3.16. The second-order valence-corrected chi connectivity index (χ2v) is 10.9. The van der Waals surface area contributed by atoms with Gasteiger partial charge >= 0.3 is 10.2 Å². The van der Waals surface area contributed by atoms with Crippen LogP contribution in [0.25, 0.3) is 0 Å². The predicted octanol–water partition coefficient (Wildman–Crippen LogP) is 3.42. The summed E-state index contributed by atoms with van der Waals surface area (Å²) in [5.41, 5.74) is 0.839. The van der Waals surface area contributed by atoms with E-state index < -0.39 is 34.5 Å². The molecular weight excluding hydrogens is 495 g/mol. The van der Waals surface area contributed by atoms with Crippen molar-refractivity contribution in [2.75, 3.05) is 24.9 Å². The van der Waals surface area contributed by atoms with Gasteiger partial charge in [-0.05, 0) is 62.2 Å². The monoisotopic (exact) mass is 526 g/mol. The molecule has 0 aliphatic heterocycles. The van der Waals surface area contributed by atoms with Crippen LogP contribution in [-0.4, -0.2) is 62.2 Å². The Kier molecular flexibility index (Phi) is 10.1. The maximum atomic E-state index is 13.6. The van der Waals surface area contributed by atoms with E-state index in [4.69, 9.17) is 11.6 Å². The molecule has 8 nitrogen and oxygen atoms in total. The van der Waals surface area contributed by atoms with E-state index in [-0.39, 0.29) is 24.2 Å². The number of anilines is 1. The lowest BCUT2D eigenvalue weighted by atomic mass is 10.1. The largest absolute Gasteiger partial charge is 0.352 e. The van der Waals surface area contributed by atoms with Crippen LogP contribution in [0.2, 0.25) is 5.02 Å². The molecule has 0 saturated carbocycles. The molecule has 2 amide bonds. The van der Waals surface area contributed by atoms with E-state index >= 15 is 0 Å². The van der Waals surface area contributed by atoms with Crippen LogP contribution < -0.4 is 9.62 Å². The fraction of sp³-hybridized carbons (Fsp3) is 0.417. The molecule has 0 unspecified atom stereocenters. The lowest BCUT2D eigenvalue weighted by molar-refractivity contribution is -0.139. The molecule has 2 aromatic rings. The Bertz CT molecular complexity index is 1110. The number of hydrogen-bond acceptors (Lipinski definition) is 4. The molecule has 0 spiro atoms. The molecular formula is C24H32ClFN4O4S. The standard InChI is InChI=1S/C24H32ClFN4O4S/c1-6-17(2)27-24(32)18(3)29(15-19-7-9-20(25)10-8-19)23(31)16-30(35(33,34)28(4)5)22-13-11-21(26)12-14-22/h7-14,17-18H,6,15-16H2,1-5H3,(H,27,32)/t17-,18-/m0/s1. The summed E-state index contributed by atoms with van der Waals surface area (Å²) in [7, 11) is -1.43. The van der Waals surface area contributed by atoms with Crippen LogP contribution in [0.15, 0.2) is 48.5 Å². The lowest BCUT2D eigenvalue weighted by Gasteiger charge is -2.33. The summed E-state index contributed by atoms with van der Waals surface area (Å²) in [6.07, 6.45) is 0.711. The summed E-state index contributed by atoms with van der Waals surface area (Å²) in [5, 5.41) is 3.39. The van der Waals surface area contributed by atoms with Gasteiger partial charge in [-0.3, -0.25) is 9.59 Å². The molecule has 0 saturated heterocycles. The summed E-state index contributed by atoms with van der Waals surface area (Å²) in [6, 6.07) is 10.6. The molecule has 2 atom stereocenters. The van der Waals surface area contributed by atoms with E-state index in [2.05, 4.69) is 5.32 Å². The van der Waals surface area contributed by atoms with Crippen LogP contribution in [0.5, 0.6) is 0 Å².